The van der Waals surface area contributed by atoms with E-state index in [2.05, 4.69) is 50.4 Å². The van der Waals surface area contributed by atoms with Crippen LogP contribution >= 0.6 is 0 Å². The number of unbranched alkanes of at least 4 members (excludes halogenated alkanes) is 2. The largest absolute Gasteiger partial charge is 0.459 e. The fraction of sp³-hybridized carbons (Fsp3) is 0.524. The Hall–Kier alpha value is -4.12. The highest BCUT2D eigenvalue weighted by molar-refractivity contribution is 6.02. The van der Waals surface area contributed by atoms with Crippen molar-refractivity contribution in [3.63, 3.8) is 0 Å². The summed E-state index contributed by atoms with van der Waals surface area (Å²) in [6.07, 6.45) is 10.8. The van der Waals surface area contributed by atoms with Crippen LogP contribution in [0.15, 0.2) is 78.5 Å². The molecule has 1 saturated carbocycles. The molecule has 10 heteroatoms. The van der Waals surface area contributed by atoms with Gasteiger partial charge in [0.15, 0.2) is 0 Å². The first-order valence-corrected chi connectivity index (χ1v) is 18.6. The zero-order valence-corrected chi connectivity index (χ0v) is 31.2. The molecule has 2 aromatic rings. The molecule has 0 aromatic heterocycles. The SMILES string of the molecule is C=CCCOC(=O)N(C)C1CC(=NOC)C2=CC(CCCCO)C(CCCCO)C3c4cc(Oc5ccc(C)c(C)c5)ccc4OC1(OCC=C)C23. The molecular formula is C42H56N2O8. The Morgan fingerprint density at radius 2 is 1.75 bits per heavy atom. The number of fused-ring (bicyclic) bond motifs is 2. The van der Waals surface area contributed by atoms with Crippen LogP contribution in [0.4, 0.5) is 4.79 Å². The smallest absolute Gasteiger partial charge is 0.409 e. The van der Waals surface area contributed by atoms with Gasteiger partial charge in [0.2, 0.25) is 5.79 Å². The zero-order chi connectivity index (χ0) is 37.3. The van der Waals surface area contributed by atoms with Crippen molar-refractivity contribution in [1.82, 2.24) is 4.90 Å². The summed E-state index contributed by atoms with van der Waals surface area (Å²) in [6, 6.07) is 11.4. The van der Waals surface area contributed by atoms with Crippen molar-refractivity contribution < 1.29 is 38.8 Å². The Bertz CT molecular complexity index is 1620. The van der Waals surface area contributed by atoms with E-state index in [9.17, 15) is 15.0 Å². The molecule has 1 heterocycles. The summed E-state index contributed by atoms with van der Waals surface area (Å²) in [5, 5.41) is 24.1. The van der Waals surface area contributed by atoms with Crippen LogP contribution in [0.3, 0.4) is 0 Å². The van der Waals surface area contributed by atoms with Gasteiger partial charge in [-0.05, 0) is 105 Å². The minimum atomic E-state index is -1.33. The number of carbonyl (C=O) groups is 1. The molecule has 282 valence electrons. The summed E-state index contributed by atoms with van der Waals surface area (Å²) in [7, 11) is 3.25. The summed E-state index contributed by atoms with van der Waals surface area (Å²) in [5.41, 5.74) is 5.02. The van der Waals surface area contributed by atoms with E-state index in [1.54, 1.807) is 24.1 Å². The molecule has 0 saturated heterocycles. The fourth-order valence-electron chi connectivity index (χ4n) is 8.27. The Balaban J connectivity index is 1.72. The topological polar surface area (TPSA) is 119 Å². The van der Waals surface area contributed by atoms with Crippen molar-refractivity contribution in [1.29, 1.82) is 0 Å². The Labute approximate surface area is 308 Å². The van der Waals surface area contributed by atoms with Crippen molar-refractivity contribution >= 4 is 11.8 Å². The molecule has 6 atom stereocenters. The standard InChI is InChI=1S/C42H56N2O8/c1-7-9-23-49-41(47)44(5)38-27-36(43-48-6)34-25-30(14-10-12-20-45)33(15-11-13-21-46)39-35-26-32(51-31-17-16-28(3)29(4)24-31)18-19-37(35)52-42(38,40(34)39)50-22-8-2/h7-8,16-19,24-26,30,33,38-40,45-46H,1-2,9-15,20-23,27H2,3-6H3. The zero-order valence-electron chi connectivity index (χ0n) is 31.2. The molecule has 5 rings (SSSR count). The number of aliphatic hydroxyl groups excluding tert-OH is 2. The average Bonchev–Trinajstić information content (AvgIpc) is 3.14. The van der Waals surface area contributed by atoms with Gasteiger partial charge in [0.25, 0.3) is 0 Å². The third-order valence-corrected chi connectivity index (χ3v) is 10.9. The van der Waals surface area contributed by atoms with Gasteiger partial charge in [-0.25, -0.2) is 4.79 Å². The quantitative estimate of drug-likeness (QED) is 0.0905. The Kier molecular flexibility index (Phi) is 13.6. The number of carbonyl (C=O) groups excluding carboxylic acids is 1. The molecule has 2 N–H and O–H groups in total. The second-order valence-electron chi connectivity index (χ2n) is 14.1. The van der Waals surface area contributed by atoms with Crippen LogP contribution < -0.4 is 9.47 Å². The normalized spacial score (nSPS) is 25.2. The predicted octanol–water partition coefficient (Wildman–Crippen LogP) is 8.00. The number of aliphatic hydroxyl groups is 2. The van der Waals surface area contributed by atoms with E-state index in [0.29, 0.717) is 37.2 Å². The lowest BCUT2D eigenvalue weighted by molar-refractivity contribution is -0.253. The molecule has 10 nitrogen and oxygen atoms in total. The number of hydrogen-bond donors (Lipinski definition) is 2. The van der Waals surface area contributed by atoms with Crippen LogP contribution in [-0.2, 0) is 14.3 Å². The van der Waals surface area contributed by atoms with Gasteiger partial charge >= 0.3 is 6.09 Å². The van der Waals surface area contributed by atoms with Crippen molar-refractivity contribution in [2.45, 2.75) is 83.0 Å². The van der Waals surface area contributed by atoms with Crippen LogP contribution in [0, 0.1) is 31.6 Å². The number of allylic oxidation sites excluding steroid dienone is 1. The number of aryl methyl sites for hydroxylation is 2. The molecular weight excluding hydrogens is 660 g/mol. The highest BCUT2D eigenvalue weighted by Gasteiger charge is 2.65. The van der Waals surface area contributed by atoms with Crippen LogP contribution in [0.2, 0.25) is 0 Å². The average molecular weight is 717 g/mol. The fourth-order valence-corrected chi connectivity index (χ4v) is 8.27. The van der Waals surface area contributed by atoms with Crippen molar-refractivity contribution in [3.05, 3.63) is 90.0 Å². The molecule has 1 amide bonds. The maximum Gasteiger partial charge on any atom is 0.409 e. The van der Waals surface area contributed by atoms with E-state index in [0.717, 1.165) is 53.8 Å². The summed E-state index contributed by atoms with van der Waals surface area (Å²) in [6.45, 7) is 12.5. The summed E-state index contributed by atoms with van der Waals surface area (Å²) < 4.78 is 26.2. The van der Waals surface area contributed by atoms with E-state index in [1.165, 1.54) is 12.7 Å². The third-order valence-electron chi connectivity index (χ3n) is 10.9. The maximum atomic E-state index is 13.7. The summed E-state index contributed by atoms with van der Waals surface area (Å²) >= 11 is 0. The first kappa shape index (κ1) is 39.1. The van der Waals surface area contributed by atoms with Gasteiger partial charge in [-0.1, -0.05) is 42.3 Å². The van der Waals surface area contributed by atoms with E-state index in [1.807, 2.05) is 24.3 Å². The highest BCUT2D eigenvalue weighted by atomic mass is 16.7. The minimum Gasteiger partial charge on any atom is -0.459 e. The maximum absolute atomic E-state index is 13.7. The molecule has 6 unspecified atom stereocenters. The Morgan fingerprint density at radius 1 is 1.02 bits per heavy atom. The van der Waals surface area contributed by atoms with Crippen molar-refractivity contribution in [2.24, 2.45) is 22.9 Å². The first-order chi connectivity index (χ1) is 25.2. The minimum absolute atomic E-state index is 0.109. The second kappa shape index (κ2) is 18.1. The van der Waals surface area contributed by atoms with E-state index < -0.39 is 23.8 Å². The van der Waals surface area contributed by atoms with Crippen molar-refractivity contribution in [2.75, 3.05) is 40.6 Å². The van der Waals surface area contributed by atoms with E-state index in [4.69, 9.17) is 23.8 Å². The molecule has 0 radical (unpaired) electrons. The first-order valence-electron chi connectivity index (χ1n) is 18.6. The number of benzene rings is 2. The predicted molar refractivity (Wildman–Crippen MR) is 202 cm³/mol. The number of likely N-dealkylation sites (N-methyl/N-ethyl adjacent to an activating group) is 1. The molecule has 2 aliphatic carbocycles. The molecule has 52 heavy (non-hydrogen) atoms. The molecule has 2 aromatic carbocycles. The molecule has 0 bridgehead atoms. The van der Waals surface area contributed by atoms with E-state index in [-0.39, 0.29) is 44.2 Å². The highest BCUT2D eigenvalue weighted by Crippen LogP contribution is 2.62. The van der Waals surface area contributed by atoms with Crippen LogP contribution in [0.25, 0.3) is 0 Å². The summed E-state index contributed by atoms with van der Waals surface area (Å²) in [5.74, 6) is 0.452. The third kappa shape index (κ3) is 8.24. The number of amides is 1. The number of ether oxygens (including phenoxy) is 4. The van der Waals surface area contributed by atoms with Gasteiger partial charge in [-0.15, -0.1) is 13.2 Å². The van der Waals surface area contributed by atoms with Crippen LogP contribution in [0.1, 0.15) is 74.0 Å². The lowest BCUT2D eigenvalue weighted by Crippen LogP contribution is -2.69. The monoisotopic (exact) mass is 716 g/mol. The van der Waals surface area contributed by atoms with Crippen LogP contribution in [-0.4, -0.2) is 79.3 Å². The van der Waals surface area contributed by atoms with E-state index >= 15 is 0 Å². The molecule has 0 spiro atoms. The number of nitrogens with zero attached hydrogens (tertiary/aromatic N) is 2. The van der Waals surface area contributed by atoms with Gasteiger partial charge in [-0.3, -0.25) is 0 Å². The second-order valence-corrected chi connectivity index (χ2v) is 14.1. The van der Waals surface area contributed by atoms with Gasteiger partial charge < -0.3 is 38.9 Å². The van der Waals surface area contributed by atoms with Gasteiger partial charge in [0, 0.05) is 38.2 Å². The van der Waals surface area contributed by atoms with Crippen LogP contribution in [0.5, 0.6) is 17.2 Å². The molecule has 1 aliphatic heterocycles. The number of rotatable bonds is 18. The lowest BCUT2D eigenvalue weighted by Gasteiger charge is -2.59. The van der Waals surface area contributed by atoms with Gasteiger partial charge in [-0.2, -0.15) is 0 Å². The lowest BCUT2D eigenvalue weighted by atomic mass is 9.55. The Morgan fingerprint density at radius 3 is 2.44 bits per heavy atom. The summed E-state index contributed by atoms with van der Waals surface area (Å²) in [4.78, 5) is 20.7. The number of oxime groups is 1. The number of hydrogen-bond acceptors (Lipinski definition) is 9. The molecule has 3 aliphatic rings. The molecule has 1 fully saturated rings. The van der Waals surface area contributed by atoms with Gasteiger partial charge in [0.1, 0.15) is 30.4 Å². The van der Waals surface area contributed by atoms with Gasteiger partial charge in [0.05, 0.1) is 24.8 Å². The van der Waals surface area contributed by atoms with Crippen molar-refractivity contribution in [3.8, 4) is 17.2 Å².